The van der Waals surface area contributed by atoms with E-state index in [1.807, 2.05) is 36.4 Å². The third-order valence-corrected chi connectivity index (χ3v) is 4.35. The molecule has 3 aromatic rings. The van der Waals surface area contributed by atoms with Crippen molar-refractivity contribution < 1.29 is 0 Å². The highest BCUT2D eigenvalue weighted by molar-refractivity contribution is 9.10. The molecule has 5 nitrogen and oxygen atoms in total. The third-order valence-electron chi connectivity index (χ3n) is 3.40. The molecule has 0 aliphatic carbocycles. The molecule has 0 radical (unpaired) electrons. The number of hydrogen-bond donors (Lipinski definition) is 3. The van der Waals surface area contributed by atoms with Gasteiger partial charge in [0.2, 0.25) is 0 Å². The van der Waals surface area contributed by atoms with Crippen LogP contribution in [0.15, 0.2) is 53.3 Å². The van der Waals surface area contributed by atoms with E-state index in [2.05, 4.69) is 41.8 Å². The molecule has 0 amide bonds. The van der Waals surface area contributed by atoms with Gasteiger partial charge in [-0.25, -0.2) is 4.98 Å². The maximum Gasteiger partial charge on any atom is 0.172 e. The molecule has 8 heteroatoms. The van der Waals surface area contributed by atoms with Gasteiger partial charge in [0.15, 0.2) is 5.11 Å². The van der Waals surface area contributed by atoms with Gasteiger partial charge in [-0.1, -0.05) is 11.6 Å². The summed E-state index contributed by atoms with van der Waals surface area (Å²) in [6.45, 7) is 1.37. The Kier molecular flexibility index (Phi) is 6.01. The van der Waals surface area contributed by atoms with Gasteiger partial charge in [0.05, 0.1) is 5.52 Å². The van der Waals surface area contributed by atoms with Crippen LogP contribution in [0.1, 0.15) is 0 Å². The quantitative estimate of drug-likeness (QED) is 0.406. The SMILES string of the molecule is S=C(NCCNc1ccnc2cc(Cl)ccc12)Nc1ccc(Br)cn1. The van der Waals surface area contributed by atoms with E-state index < -0.39 is 0 Å². The van der Waals surface area contributed by atoms with E-state index >= 15 is 0 Å². The highest BCUT2D eigenvalue weighted by Crippen LogP contribution is 2.24. The van der Waals surface area contributed by atoms with Crippen molar-refractivity contribution in [2.24, 2.45) is 0 Å². The molecule has 0 saturated heterocycles. The van der Waals surface area contributed by atoms with E-state index in [4.69, 9.17) is 23.8 Å². The number of anilines is 2. The number of fused-ring (bicyclic) bond motifs is 1. The van der Waals surface area contributed by atoms with Crippen LogP contribution in [0.2, 0.25) is 5.02 Å². The molecule has 2 aromatic heterocycles. The average molecular weight is 437 g/mol. The van der Waals surface area contributed by atoms with Crippen molar-refractivity contribution >= 4 is 67.3 Å². The zero-order valence-corrected chi connectivity index (χ0v) is 16.3. The molecule has 0 aliphatic heterocycles. The summed E-state index contributed by atoms with van der Waals surface area (Å²) in [4.78, 5) is 8.55. The molecular formula is C17H15BrClN5S. The fourth-order valence-electron chi connectivity index (χ4n) is 2.26. The van der Waals surface area contributed by atoms with Gasteiger partial charge >= 0.3 is 0 Å². The lowest BCUT2D eigenvalue weighted by molar-refractivity contribution is 0.916. The summed E-state index contributed by atoms with van der Waals surface area (Å²) in [5.41, 5.74) is 1.88. The van der Waals surface area contributed by atoms with Gasteiger partial charge in [0, 0.05) is 46.1 Å². The fourth-order valence-corrected chi connectivity index (χ4v) is 2.87. The minimum Gasteiger partial charge on any atom is -0.383 e. The summed E-state index contributed by atoms with van der Waals surface area (Å²) in [5, 5.41) is 11.8. The lowest BCUT2D eigenvalue weighted by atomic mass is 10.2. The summed E-state index contributed by atoms with van der Waals surface area (Å²) in [5.74, 6) is 0.700. The topological polar surface area (TPSA) is 61.9 Å². The van der Waals surface area contributed by atoms with Gasteiger partial charge in [0.1, 0.15) is 5.82 Å². The van der Waals surface area contributed by atoms with E-state index in [1.165, 1.54) is 0 Å². The second-order valence-electron chi connectivity index (χ2n) is 5.19. The molecule has 0 unspecified atom stereocenters. The number of halogens is 2. The van der Waals surface area contributed by atoms with Crippen molar-refractivity contribution in [1.29, 1.82) is 0 Å². The summed E-state index contributed by atoms with van der Waals surface area (Å²) < 4.78 is 0.923. The van der Waals surface area contributed by atoms with Crippen LogP contribution in [0.5, 0.6) is 0 Å². The number of rotatable bonds is 5. The molecule has 128 valence electrons. The molecule has 0 spiro atoms. The number of hydrogen-bond acceptors (Lipinski definition) is 4. The summed E-state index contributed by atoms with van der Waals surface area (Å²) in [6, 6.07) is 11.4. The number of nitrogens with zero attached hydrogens (tertiary/aromatic N) is 2. The second kappa shape index (κ2) is 8.42. The number of aromatic nitrogens is 2. The molecule has 3 rings (SSSR count). The lowest BCUT2D eigenvalue weighted by Gasteiger charge is -2.12. The molecule has 25 heavy (non-hydrogen) atoms. The molecule has 0 saturated carbocycles. The van der Waals surface area contributed by atoms with E-state index in [0.717, 1.165) is 21.1 Å². The summed E-state index contributed by atoms with van der Waals surface area (Å²) in [6.07, 6.45) is 3.48. The average Bonchev–Trinajstić information content (AvgIpc) is 2.60. The molecule has 0 atom stereocenters. The number of benzene rings is 1. The van der Waals surface area contributed by atoms with Gasteiger partial charge in [-0.15, -0.1) is 0 Å². The molecule has 1 aromatic carbocycles. The van der Waals surface area contributed by atoms with E-state index in [0.29, 0.717) is 29.0 Å². The van der Waals surface area contributed by atoms with Gasteiger partial charge in [-0.2, -0.15) is 0 Å². The van der Waals surface area contributed by atoms with Gasteiger partial charge in [0.25, 0.3) is 0 Å². The first kappa shape index (κ1) is 17.8. The van der Waals surface area contributed by atoms with Gasteiger partial charge in [-0.05, 0) is 64.5 Å². The van der Waals surface area contributed by atoms with Crippen LogP contribution in [0, 0.1) is 0 Å². The van der Waals surface area contributed by atoms with Crippen molar-refractivity contribution in [1.82, 2.24) is 15.3 Å². The minimum atomic E-state index is 0.531. The van der Waals surface area contributed by atoms with E-state index in [-0.39, 0.29) is 0 Å². The molecule has 2 heterocycles. The van der Waals surface area contributed by atoms with E-state index in [1.54, 1.807) is 12.4 Å². The number of pyridine rings is 2. The van der Waals surface area contributed by atoms with Crippen LogP contribution in [0.4, 0.5) is 11.5 Å². The van der Waals surface area contributed by atoms with Crippen LogP contribution in [-0.4, -0.2) is 28.2 Å². The van der Waals surface area contributed by atoms with E-state index in [9.17, 15) is 0 Å². The lowest BCUT2D eigenvalue weighted by Crippen LogP contribution is -2.32. The Hall–Kier alpha value is -1.96. The Bertz CT molecular complexity index is 888. The first-order valence-electron chi connectivity index (χ1n) is 7.56. The smallest absolute Gasteiger partial charge is 0.172 e. The van der Waals surface area contributed by atoms with Crippen molar-refractivity contribution in [2.75, 3.05) is 23.7 Å². The van der Waals surface area contributed by atoms with Gasteiger partial charge in [-0.3, -0.25) is 4.98 Å². The Morgan fingerprint density at radius 2 is 2.00 bits per heavy atom. The Morgan fingerprint density at radius 3 is 2.80 bits per heavy atom. The maximum atomic E-state index is 6.01. The van der Waals surface area contributed by atoms with Gasteiger partial charge < -0.3 is 16.0 Å². The van der Waals surface area contributed by atoms with Crippen LogP contribution in [0.25, 0.3) is 10.9 Å². The molecule has 0 bridgehead atoms. The largest absolute Gasteiger partial charge is 0.383 e. The molecule has 0 aliphatic rings. The Balaban J connectivity index is 1.50. The summed E-state index contributed by atoms with van der Waals surface area (Å²) in [7, 11) is 0. The first-order valence-corrected chi connectivity index (χ1v) is 9.14. The molecule has 0 fully saturated rings. The number of nitrogens with one attached hydrogen (secondary N) is 3. The fraction of sp³-hybridized carbons (Fsp3) is 0.118. The first-order chi connectivity index (χ1) is 12.1. The molecular weight excluding hydrogens is 422 g/mol. The zero-order valence-electron chi connectivity index (χ0n) is 13.1. The highest BCUT2D eigenvalue weighted by Gasteiger charge is 2.03. The predicted octanol–water partition coefficient (Wildman–Crippen LogP) is 4.44. The second-order valence-corrected chi connectivity index (χ2v) is 6.95. The monoisotopic (exact) mass is 435 g/mol. The zero-order chi connectivity index (χ0) is 17.6. The standard InChI is InChI=1S/C17H15BrClN5S/c18-11-1-4-16(23-10-11)24-17(25)22-8-7-21-14-5-6-20-15-9-12(19)2-3-13(14)15/h1-6,9-10H,7-8H2,(H,20,21)(H2,22,23,24,25). The highest BCUT2D eigenvalue weighted by atomic mass is 79.9. The van der Waals surface area contributed by atoms with Crippen LogP contribution in [0.3, 0.4) is 0 Å². The Morgan fingerprint density at radius 1 is 1.12 bits per heavy atom. The minimum absolute atomic E-state index is 0.531. The van der Waals surface area contributed by atoms with Crippen molar-refractivity contribution in [3.05, 3.63) is 58.3 Å². The normalized spacial score (nSPS) is 10.5. The van der Waals surface area contributed by atoms with Crippen LogP contribution in [-0.2, 0) is 0 Å². The molecule has 3 N–H and O–H groups in total. The van der Waals surface area contributed by atoms with Crippen LogP contribution >= 0.6 is 39.7 Å². The predicted molar refractivity (Wildman–Crippen MR) is 111 cm³/mol. The third kappa shape index (κ3) is 5.01. The Labute approximate surface area is 164 Å². The summed E-state index contributed by atoms with van der Waals surface area (Å²) >= 11 is 14.6. The van der Waals surface area contributed by atoms with Crippen molar-refractivity contribution in [3.8, 4) is 0 Å². The number of thiocarbonyl (C=S) groups is 1. The van der Waals surface area contributed by atoms with Crippen molar-refractivity contribution in [3.63, 3.8) is 0 Å². The van der Waals surface area contributed by atoms with Crippen LogP contribution < -0.4 is 16.0 Å². The maximum absolute atomic E-state index is 6.01. The van der Waals surface area contributed by atoms with Crippen molar-refractivity contribution in [2.45, 2.75) is 0 Å².